The molecule has 1 aliphatic heterocycles. The van der Waals surface area contributed by atoms with E-state index in [9.17, 15) is 13.8 Å². The molecule has 2 amide bonds. The second-order valence-corrected chi connectivity index (χ2v) is 6.94. The van der Waals surface area contributed by atoms with Gasteiger partial charge in [-0.2, -0.15) is 0 Å². The number of hydrogen-bond acceptors (Lipinski definition) is 3. The van der Waals surface area contributed by atoms with E-state index in [0.717, 1.165) is 5.56 Å². The molecule has 6 heteroatoms. The van der Waals surface area contributed by atoms with Gasteiger partial charge in [-0.25, -0.2) is 0 Å². The van der Waals surface area contributed by atoms with Crippen LogP contribution >= 0.6 is 0 Å². The van der Waals surface area contributed by atoms with Crippen molar-refractivity contribution in [1.82, 2.24) is 0 Å². The smallest absolute Gasteiger partial charge is 0.241 e. The summed E-state index contributed by atoms with van der Waals surface area (Å²) in [6.45, 7) is 1.89. The standard InChI is InChI=1S/C17H16N2O3S/c1-11-6-2-3-7-12(11)18-16(20)10-15-17(21)19-13-8-4-5-9-14(13)23(15)22/h2-9,15H,10H2,1H3,(H,18,20)(H,19,21)/t15-,23-/m1/s1. The minimum Gasteiger partial charge on any atom is -0.326 e. The van der Waals surface area contributed by atoms with Crippen LogP contribution in [0.4, 0.5) is 11.4 Å². The normalized spacial score (nSPS) is 19.6. The fourth-order valence-corrected chi connectivity index (χ4v) is 3.87. The fraction of sp³-hybridized carbons (Fsp3) is 0.176. The molecule has 0 saturated carbocycles. The molecule has 0 aliphatic carbocycles. The Morgan fingerprint density at radius 1 is 1.17 bits per heavy atom. The van der Waals surface area contributed by atoms with Crippen LogP contribution in [0.5, 0.6) is 0 Å². The first-order chi connectivity index (χ1) is 11.1. The Kier molecular flexibility index (Phi) is 4.25. The van der Waals surface area contributed by atoms with Gasteiger partial charge in [0.1, 0.15) is 5.25 Å². The van der Waals surface area contributed by atoms with Crippen molar-refractivity contribution >= 4 is 34.0 Å². The summed E-state index contributed by atoms with van der Waals surface area (Å²) in [4.78, 5) is 24.9. The van der Waals surface area contributed by atoms with E-state index in [2.05, 4.69) is 10.6 Å². The highest BCUT2D eigenvalue weighted by atomic mass is 32.2. The molecule has 0 spiro atoms. The van der Waals surface area contributed by atoms with E-state index in [1.54, 1.807) is 30.3 Å². The number of benzene rings is 2. The number of amides is 2. The third kappa shape index (κ3) is 3.17. The molecule has 0 unspecified atom stereocenters. The Bertz CT molecular complexity index is 804. The number of anilines is 2. The fourth-order valence-electron chi connectivity index (χ4n) is 2.46. The Hall–Kier alpha value is -2.47. The van der Waals surface area contributed by atoms with Gasteiger partial charge >= 0.3 is 0 Å². The Labute approximate surface area is 136 Å². The molecule has 2 aromatic rings. The molecule has 118 valence electrons. The molecule has 23 heavy (non-hydrogen) atoms. The van der Waals surface area contributed by atoms with Gasteiger partial charge in [-0.1, -0.05) is 30.3 Å². The van der Waals surface area contributed by atoms with Crippen molar-refractivity contribution in [3.05, 3.63) is 54.1 Å². The first kappa shape index (κ1) is 15.4. The van der Waals surface area contributed by atoms with Gasteiger partial charge in [0.2, 0.25) is 11.8 Å². The zero-order valence-electron chi connectivity index (χ0n) is 12.5. The molecular weight excluding hydrogens is 312 g/mol. The van der Waals surface area contributed by atoms with Crippen molar-refractivity contribution in [3.8, 4) is 0 Å². The number of aryl methyl sites for hydroxylation is 1. The van der Waals surface area contributed by atoms with E-state index in [1.807, 2.05) is 25.1 Å². The largest absolute Gasteiger partial charge is 0.326 e. The lowest BCUT2D eigenvalue weighted by Gasteiger charge is -2.23. The lowest BCUT2D eigenvalue weighted by molar-refractivity contribution is -0.120. The molecule has 1 heterocycles. The van der Waals surface area contributed by atoms with Crippen LogP contribution in [0.25, 0.3) is 0 Å². The van der Waals surface area contributed by atoms with E-state index in [-0.39, 0.29) is 18.2 Å². The molecule has 1 aliphatic rings. The van der Waals surface area contributed by atoms with Gasteiger partial charge in [-0.05, 0) is 30.7 Å². The summed E-state index contributed by atoms with van der Waals surface area (Å²) < 4.78 is 12.6. The molecule has 5 nitrogen and oxygen atoms in total. The molecule has 3 rings (SSSR count). The molecule has 2 aromatic carbocycles. The minimum absolute atomic E-state index is 0.124. The lowest BCUT2D eigenvalue weighted by Crippen LogP contribution is -2.39. The molecule has 0 bridgehead atoms. The van der Waals surface area contributed by atoms with Crippen LogP contribution in [0.15, 0.2) is 53.4 Å². The Morgan fingerprint density at radius 3 is 2.65 bits per heavy atom. The number of nitrogens with one attached hydrogen (secondary N) is 2. The molecule has 0 fully saturated rings. The van der Waals surface area contributed by atoms with E-state index in [1.165, 1.54) is 0 Å². The average molecular weight is 328 g/mol. The second kappa shape index (κ2) is 6.34. The molecule has 2 atom stereocenters. The number of hydrogen-bond donors (Lipinski definition) is 2. The zero-order chi connectivity index (χ0) is 16.4. The van der Waals surface area contributed by atoms with E-state index < -0.39 is 16.0 Å². The summed E-state index contributed by atoms with van der Waals surface area (Å²) in [7, 11) is -1.54. The maximum absolute atomic E-state index is 12.6. The first-order valence-corrected chi connectivity index (χ1v) is 8.43. The molecule has 0 saturated heterocycles. The number of carbonyl (C=O) groups excluding carboxylic acids is 2. The number of rotatable bonds is 3. The van der Waals surface area contributed by atoms with Crippen LogP contribution in [-0.4, -0.2) is 21.3 Å². The van der Waals surface area contributed by atoms with Gasteiger partial charge in [0.25, 0.3) is 0 Å². The quantitative estimate of drug-likeness (QED) is 0.909. The maximum atomic E-state index is 12.6. The van der Waals surface area contributed by atoms with Crippen LogP contribution in [0, 0.1) is 6.92 Å². The third-order valence-corrected chi connectivity index (χ3v) is 5.39. The summed E-state index contributed by atoms with van der Waals surface area (Å²) in [5, 5.41) is 4.60. The third-order valence-electron chi connectivity index (χ3n) is 3.70. The molecule has 0 radical (unpaired) electrons. The van der Waals surface area contributed by atoms with Crippen LogP contribution in [0.1, 0.15) is 12.0 Å². The van der Waals surface area contributed by atoms with Crippen LogP contribution in [-0.2, 0) is 20.4 Å². The SMILES string of the molecule is Cc1ccccc1NC(=O)C[C@@H]1C(=O)Nc2ccccc2[S@]1=O. The van der Waals surface area contributed by atoms with Crippen LogP contribution < -0.4 is 10.6 Å². The summed E-state index contributed by atoms with van der Waals surface area (Å²) >= 11 is 0. The predicted molar refractivity (Wildman–Crippen MR) is 89.7 cm³/mol. The Morgan fingerprint density at radius 2 is 1.87 bits per heavy atom. The van der Waals surface area contributed by atoms with Crippen molar-refractivity contribution in [2.24, 2.45) is 0 Å². The topological polar surface area (TPSA) is 75.3 Å². The molecular formula is C17H16N2O3S. The van der Waals surface area contributed by atoms with Gasteiger partial charge < -0.3 is 10.6 Å². The molecule has 0 aromatic heterocycles. The van der Waals surface area contributed by atoms with Crippen molar-refractivity contribution in [2.45, 2.75) is 23.5 Å². The lowest BCUT2D eigenvalue weighted by atomic mass is 10.2. The highest BCUT2D eigenvalue weighted by Gasteiger charge is 2.34. The number of carbonyl (C=O) groups is 2. The Balaban J connectivity index is 1.75. The zero-order valence-corrected chi connectivity index (χ0v) is 13.4. The van der Waals surface area contributed by atoms with Crippen LogP contribution in [0.3, 0.4) is 0 Å². The van der Waals surface area contributed by atoms with Crippen LogP contribution in [0.2, 0.25) is 0 Å². The van der Waals surface area contributed by atoms with Gasteiger partial charge in [-0.15, -0.1) is 0 Å². The average Bonchev–Trinajstić information content (AvgIpc) is 2.54. The predicted octanol–water partition coefficient (Wildman–Crippen LogP) is 2.45. The van der Waals surface area contributed by atoms with Crippen molar-refractivity contribution < 1.29 is 13.8 Å². The van der Waals surface area contributed by atoms with Crippen molar-refractivity contribution in [2.75, 3.05) is 10.6 Å². The van der Waals surface area contributed by atoms with E-state index in [4.69, 9.17) is 0 Å². The van der Waals surface area contributed by atoms with E-state index >= 15 is 0 Å². The monoisotopic (exact) mass is 328 g/mol. The minimum atomic E-state index is -1.54. The summed E-state index contributed by atoms with van der Waals surface area (Å²) in [6.07, 6.45) is -0.124. The number of para-hydroxylation sites is 2. The highest BCUT2D eigenvalue weighted by molar-refractivity contribution is 7.86. The maximum Gasteiger partial charge on any atom is 0.241 e. The second-order valence-electron chi connectivity index (χ2n) is 5.34. The van der Waals surface area contributed by atoms with Gasteiger partial charge in [0.15, 0.2) is 0 Å². The van der Waals surface area contributed by atoms with Crippen molar-refractivity contribution in [3.63, 3.8) is 0 Å². The van der Waals surface area contributed by atoms with E-state index in [0.29, 0.717) is 16.3 Å². The summed E-state index contributed by atoms with van der Waals surface area (Å²) in [6, 6.07) is 14.3. The highest BCUT2D eigenvalue weighted by Crippen LogP contribution is 2.28. The summed E-state index contributed by atoms with van der Waals surface area (Å²) in [5.74, 6) is -0.714. The van der Waals surface area contributed by atoms with Crippen molar-refractivity contribution in [1.29, 1.82) is 0 Å². The first-order valence-electron chi connectivity index (χ1n) is 7.22. The van der Waals surface area contributed by atoms with Gasteiger partial charge in [0.05, 0.1) is 27.8 Å². The summed E-state index contributed by atoms with van der Waals surface area (Å²) in [5.41, 5.74) is 2.17. The molecule has 2 N–H and O–H groups in total. The number of fused-ring (bicyclic) bond motifs is 1. The van der Waals surface area contributed by atoms with Gasteiger partial charge in [0, 0.05) is 5.69 Å². The van der Waals surface area contributed by atoms with Gasteiger partial charge in [-0.3, -0.25) is 13.8 Å².